The summed E-state index contributed by atoms with van der Waals surface area (Å²) in [5, 5.41) is 0.470. The van der Waals surface area contributed by atoms with E-state index in [1.54, 1.807) is 35.8 Å². The molecule has 2 aromatic carbocycles. The molecule has 0 unspecified atom stereocenters. The number of aryl methyl sites for hydroxylation is 2. The summed E-state index contributed by atoms with van der Waals surface area (Å²) < 4.78 is 7.77. The Hall–Kier alpha value is -2.44. The van der Waals surface area contributed by atoms with Gasteiger partial charge >= 0.3 is 5.97 Å². The number of thiazole rings is 1. The van der Waals surface area contributed by atoms with Gasteiger partial charge in [-0.3, -0.25) is 9.59 Å². The van der Waals surface area contributed by atoms with Crippen molar-refractivity contribution in [2.75, 3.05) is 6.61 Å². The predicted octanol–water partition coefficient (Wildman–Crippen LogP) is 4.28. The van der Waals surface area contributed by atoms with Crippen molar-refractivity contribution in [3.63, 3.8) is 0 Å². The topological polar surface area (TPSA) is 60.7 Å². The molecule has 1 heterocycles. The number of ether oxygens (including phenoxy) is 1. The minimum atomic E-state index is -0.407. The second kappa shape index (κ2) is 8.06. The number of fused-ring (bicyclic) bond motifs is 1. The van der Waals surface area contributed by atoms with Gasteiger partial charge in [-0.15, -0.1) is 0 Å². The largest absolute Gasteiger partial charge is 0.465 e. The molecule has 0 aliphatic rings. The van der Waals surface area contributed by atoms with Crippen LogP contribution in [0.4, 0.5) is 0 Å². The zero-order valence-corrected chi connectivity index (χ0v) is 16.9. The summed E-state index contributed by atoms with van der Waals surface area (Å²) in [6.45, 7) is 6.09. The molecule has 0 spiro atoms. The van der Waals surface area contributed by atoms with Crippen LogP contribution >= 0.6 is 22.9 Å². The maximum atomic E-state index is 12.6. The summed E-state index contributed by atoms with van der Waals surface area (Å²) in [7, 11) is 0. The Kier molecular flexibility index (Phi) is 5.77. The van der Waals surface area contributed by atoms with Crippen LogP contribution in [-0.2, 0) is 16.1 Å². The number of rotatable bonds is 4. The summed E-state index contributed by atoms with van der Waals surface area (Å²) in [6.07, 6.45) is 0. The molecule has 5 nitrogen and oxygen atoms in total. The zero-order chi connectivity index (χ0) is 19.6. The third kappa shape index (κ3) is 4.28. The number of nitrogens with zero attached hydrogens (tertiary/aromatic N) is 2. The minimum absolute atomic E-state index is 0.00198. The van der Waals surface area contributed by atoms with Crippen molar-refractivity contribution in [2.24, 2.45) is 4.99 Å². The van der Waals surface area contributed by atoms with Crippen molar-refractivity contribution in [1.29, 1.82) is 0 Å². The lowest BCUT2D eigenvalue weighted by Crippen LogP contribution is -2.23. The number of esters is 1. The first-order chi connectivity index (χ1) is 12.9. The lowest BCUT2D eigenvalue weighted by molar-refractivity contribution is -0.143. The number of aromatic nitrogens is 1. The van der Waals surface area contributed by atoms with E-state index in [0.717, 1.165) is 21.3 Å². The van der Waals surface area contributed by atoms with E-state index in [4.69, 9.17) is 16.3 Å². The molecule has 0 fully saturated rings. The van der Waals surface area contributed by atoms with E-state index < -0.39 is 5.91 Å². The van der Waals surface area contributed by atoms with Gasteiger partial charge in [0.2, 0.25) is 0 Å². The Bertz CT molecular complexity index is 1100. The van der Waals surface area contributed by atoms with Gasteiger partial charge < -0.3 is 9.30 Å². The van der Waals surface area contributed by atoms with E-state index >= 15 is 0 Å². The first-order valence-corrected chi connectivity index (χ1v) is 9.69. The summed E-state index contributed by atoms with van der Waals surface area (Å²) in [5.74, 6) is -0.776. The van der Waals surface area contributed by atoms with Crippen LogP contribution in [0.1, 0.15) is 28.4 Å². The third-order valence-corrected chi connectivity index (χ3v) is 5.44. The third-order valence-electron chi connectivity index (χ3n) is 4.16. The number of carbonyl (C=O) groups is 2. The molecule has 7 heteroatoms. The van der Waals surface area contributed by atoms with Gasteiger partial charge in [-0.25, -0.2) is 0 Å². The zero-order valence-electron chi connectivity index (χ0n) is 15.3. The first-order valence-electron chi connectivity index (χ1n) is 8.50. The molecule has 0 bridgehead atoms. The van der Waals surface area contributed by atoms with E-state index in [1.807, 2.05) is 26.0 Å². The van der Waals surface area contributed by atoms with Crippen molar-refractivity contribution in [3.05, 3.63) is 62.9 Å². The minimum Gasteiger partial charge on any atom is -0.465 e. The molecule has 0 aliphatic heterocycles. The molecule has 1 amide bonds. The van der Waals surface area contributed by atoms with Crippen molar-refractivity contribution in [1.82, 2.24) is 4.57 Å². The number of halogens is 1. The standard InChI is InChI=1S/C20H19ClN2O3S/c1-4-26-18(24)11-23-16-8-12(2)13(3)9-17(16)27-20(23)22-19(25)14-6-5-7-15(21)10-14/h5-10H,4,11H2,1-3H3. The fourth-order valence-corrected chi connectivity index (χ4v) is 3.97. The molecular weight excluding hydrogens is 384 g/mol. The van der Waals surface area contributed by atoms with Gasteiger partial charge in [0.15, 0.2) is 4.80 Å². The lowest BCUT2D eigenvalue weighted by Gasteiger charge is -2.06. The maximum Gasteiger partial charge on any atom is 0.326 e. The van der Waals surface area contributed by atoms with Crippen LogP contribution in [0.5, 0.6) is 0 Å². The van der Waals surface area contributed by atoms with Gasteiger partial charge in [-0.2, -0.15) is 4.99 Å². The van der Waals surface area contributed by atoms with Crippen LogP contribution in [0.25, 0.3) is 10.2 Å². The summed E-state index contributed by atoms with van der Waals surface area (Å²) >= 11 is 7.34. The van der Waals surface area contributed by atoms with E-state index in [1.165, 1.54) is 11.3 Å². The molecular formula is C20H19ClN2O3S. The Labute approximate surface area is 165 Å². The summed E-state index contributed by atoms with van der Waals surface area (Å²) in [5.41, 5.74) is 3.49. The van der Waals surface area contributed by atoms with Crippen LogP contribution in [0.3, 0.4) is 0 Å². The second-order valence-corrected chi connectivity index (χ2v) is 7.55. The van der Waals surface area contributed by atoms with Gasteiger partial charge in [0.25, 0.3) is 5.91 Å². The van der Waals surface area contributed by atoms with Crippen LogP contribution in [0.15, 0.2) is 41.4 Å². The van der Waals surface area contributed by atoms with Gasteiger partial charge in [0, 0.05) is 10.6 Å². The SMILES string of the molecule is CCOC(=O)Cn1c(=NC(=O)c2cccc(Cl)c2)sc2cc(C)c(C)cc21. The average Bonchev–Trinajstić information content (AvgIpc) is 2.92. The number of hydrogen-bond acceptors (Lipinski definition) is 4. The van der Waals surface area contributed by atoms with E-state index in [0.29, 0.717) is 22.0 Å². The fourth-order valence-electron chi connectivity index (χ4n) is 2.67. The average molecular weight is 403 g/mol. The van der Waals surface area contributed by atoms with E-state index in [-0.39, 0.29) is 12.5 Å². The second-order valence-electron chi connectivity index (χ2n) is 6.11. The maximum absolute atomic E-state index is 12.6. The monoisotopic (exact) mass is 402 g/mol. The fraction of sp³-hybridized carbons (Fsp3) is 0.250. The van der Waals surface area contributed by atoms with Crippen LogP contribution in [0.2, 0.25) is 5.02 Å². The Balaban J connectivity index is 2.15. The highest BCUT2D eigenvalue weighted by Crippen LogP contribution is 2.22. The molecule has 140 valence electrons. The molecule has 0 atom stereocenters. The van der Waals surface area contributed by atoms with Crippen LogP contribution < -0.4 is 4.80 Å². The van der Waals surface area contributed by atoms with Gasteiger partial charge in [-0.1, -0.05) is 29.0 Å². The Morgan fingerprint density at radius 2 is 1.93 bits per heavy atom. The van der Waals surface area contributed by atoms with Crippen molar-refractivity contribution in [3.8, 4) is 0 Å². The normalized spacial score (nSPS) is 11.8. The van der Waals surface area contributed by atoms with Gasteiger partial charge in [0.05, 0.1) is 16.8 Å². The van der Waals surface area contributed by atoms with Crippen molar-refractivity contribution in [2.45, 2.75) is 27.3 Å². The molecule has 3 rings (SSSR count). The van der Waals surface area contributed by atoms with Gasteiger partial charge in [-0.05, 0) is 62.2 Å². The first kappa shape index (κ1) is 19.3. The smallest absolute Gasteiger partial charge is 0.326 e. The van der Waals surface area contributed by atoms with Crippen molar-refractivity contribution >= 4 is 45.0 Å². The molecule has 0 saturated heterocycles. The summed E-state index contributed by atoms with van der Waals surface area (Å²) in [4.78, 5) is 29.4. The highest BCUT2D eigenvalue weighted by Gasteiger charge is 2.14. The quantitative estimate of drug-likeness (QED) is 0.612. The lowest BCUT2D eigenvalue weighted by atomic mass is 10.1. The van der Waals surface area contributed by atoms with Crippen LogP contribution in [-0.4, -0.2) is 23.1 Å². The molecule has 0 aliphatic carbocycles. The molecule has 1 aromatic heterocycles. The molecule has 27 heavy (non-hydrogen) atoms. The van der Waals surface area contributed by atoms with E-state index in [2.05, 4.69) is 4.99 Å². The molecule has 0 radical (unpaired) electrons. The highest BCUT2D eigenvalue weighted by molar-refractivity contribution is 7.16. The number of carbonyl (C=O) groups excluding carboxylic acids is 2. The van der Waals surface area contributed by atoms with E-state index in [9.17, 15) is 9.59 Å². The van der Waals surface area contributed by atoms with Crippen molar-refractivity contribution < 1.29 is 14.3 Å². The molecule has 3 aromatic rings. The molecule has 0 saturated carbocycles. The highest BCUT2D eigenvalue weighted by atomic mass is 35.5. The Morgan fingerprint density at radius 3 is 2.63 bits per heavy atom. The number of hydrogen-bond donors (Lipinski definition) is 0. The predicted molar refractivity (Wildman–Crippen MR) is 107 cm³/mol. The Morgan fingerprint density at radius 1 is 1.19 bits per heavy atom. The number of amides is 1. The van der Waals surface area contributed by atoms with Crippen LogP contribution in [0, 0.1) is 13.8 Å². The van der Waals surface area contributed by atoms with Gasteiger partial charge in [0.1, 0.15) is 6.54 Å². The number of benzene rings is 2. The molecule has 0 N–H and O–H groups in total. The summed E-state index contributed by atoms with van der Waals surface area (Å²) in [6, 6.07) is 10.7.